The van der Waals surface area contributed by atoms with Gasteiger partial charge in [-0.2, -0.15) is 0 Å². The van der Waals surface area contributed by atoms with Crippen molar-refractivity contribution < 1.29 is 4.42 Å². The molecule has 0 saturated carbocycles. The zero-order valence-corrected chi connectivity index (χ0v) is 14.3. The molecule has 0 spiro atoms. The molecule has 0 N–H and O–H groups in total. The predicted octanol–water partition coefficient (Wildman–Crippen LogP) is 5.61. The smallest absolute Gasteiger partial charge is 0.177 e. The van der Waals surface area contributed by atoms with E-state index in [9.17, 15) is 0 Å². The number of imidazole rings is 1. The molecule has 2 aromatic carbocycles. The van der Waals surface area contributed by atoms with Crippen LogP contribution in [0.2, 0.25) is 5.02 Å². The van der Waals surface area contributed by atoms with Crippen molar-refractivity contribution >= 4 is 22.6 Å². The normalized spacial score (nSPS) is 11.3. The largest absolute Gasteiger partial charge is 0.458 e. The first-order chi connectivity index (χ1) is 11.6. The number of fused-ring (bicyclic) bond motifs is 1. The zero-order valence-electron chi connectivity index (χ0n) is 13.6. The first kappa shape index (κ1) is 15.0. The van der Waals surface area contributed by atoms with Gasteiger partial charge < -0.3 is 8.98 Å². The number of hydrogen-bond acceptors (Lipinski definition) is 2. The van der Waals surface area contributed by atoms with Gasteiger partial charge in [-0.05, 0) is 49.7 Å². The fourth-order valence-electron chi connectivity index (χ4n) is 2.99. The van der Waals surface area contributed by atoms with Crippen LogP contribution in [0.1, 0.15) is 16.9 Å². The van der Waals surface area contributed by atoms with Crippen LogP contribution in [0.25, 0.3) is 22.6 Å². The minimum absolute atomic E-state index is 0.704. The number of rotatable bonds is 3. The van der Waals surface area contributed by atoms with E-state index in [4.69, 9.17) is 21.0 Å². The highest BCUT2D eigenvalue weighted by Crippen LogP contribution is 2.29. The van der Waals surface area contributed by atoms with Crippen LogP contribution in [-0.2, 0) is 6.54 Å². The Bertz CT molecular complexity index is 1030. The number of hydrogen-bond donors (Lipinski definition) is 0. The van der Waals surface area contributed by atoms with Crippen LogP contribution in [0.3, 0.4) is 0 Å². The van der Waals surface area contributed by atoms with Gasteiger partial charge in [0.05, 0.1) is 11.0 Å². The van der Waals surface area contributed by atoms with Crippen molar-refractivity contribution in [2.24, 2.45) is 0 Å². The summed E-state index contributed by atoms with van der Waals surface area (Å²) in [5, 5.41) is 0.704. The van der Waals surface area contributed by atoms with E-state index in [1.165, 1.54) is 11.1 Å². The van der Waals surface area contributed by atoms with Crippen LogP contribution in [0, 0.1) is 13.8 Å². The van der Waals surface area contributed by atoms with Gasteiger partial charge in [0.25, 0.3) is 0 Å². The summed E-state index contributed by atoms with van der Waals surface area (Å²) >= 11 is 6.21. The van der Waals surface area contributed by atoms with Crippen LogP contribution >= 0.6 is 11.6 Å². The Hall–Kier alpha value is -2.52. The monoisotopic (exact) mass is 336 g/mol. The summed E-state index contributed by atoms with van der Waals surface area (Å²) in [6, 6.07) is 18.2. The van der Waals surface area contributed by atoms with Gasteiger partial charge in [0.15, 0.2) is 11.6 Å². The first-order valence-corrected chi connectivity index (χ1v) is 8.26. The van der Waals surface area contributed by atoms with Crippen LogP contribution in [-0.4, -0.2) is 9.55 Å². The molecule has 0 aliphatic carbocycles. The molecule has 0 unspecified atom stereocenters. The van der Waals surface area contributed by atoms with Gasteiger partial charge in [0, 0.05) is 11.6 Å². The predicted molar refractivity (Wildman–Crippen MR) is 97.5 cm³/mol. The molecular formula is C20H17ClN2O. The van der Waals surface area contributed by atoms with Gasteiger partial charge in [-0.15, -0.1) is 0 Å². The van der Waals surface area contributed by atoms with Crippen molar-refractivity contribution in [3.8, 4) is 11.6 Å². The third-order valence-corrected chi connectivity index (χ3v) is 4.33. The lowest BCUT2D eigenvalue weighted by molar-refractivity contribution is 0.540. The van der Waals surface area contributed by atoms with Gasteiger partial charge in [-0.3, -0.25) is 0 Å². The maximum atomic E-state index is 6.21. The van der Waals surface area contributed by atoms with Gasteiger partial charge in [-0.25, -0.2) is 4.98 Å². The summed E-state index contributed by atoms with van der Waals surface area (Å²) in [4.78, 5) is 4.77. The van der Waals surface area contributed by atoms with Gasteiger partial charge in [0.2, 0.25) is 0 Å². The van der Waals surface area contributed by atoms with Crippen LogP contribution < -0.4 is 0 Å². The molecule has 120 valence electrons. The number of benzene rings is 2. The second-order valence-corrected chi connectivity index (χ2v) is 6.49. The van der Waals surface area contributed by atoms with Crippen LogP contribution in [0.5, 0.6) is 0 Å². The molecule has 0 amide bonds. The van der Waals surface area contributed by atoms with Crippen molar-refractivity contribution in [3.63, 3.8) is 0 Å². The third kappa shape index (κ3) is 2.72. The fraction of sp³-hybridized carbons (Fsp3) is 0.150. The van der Waals surface area contributed by atoms with Crippen molar-refractivity contribution in [3.05, 3.63) is 76.5 Å². The van der Waals surface area contributed by atoms with Crippen LogP contribution in [0.15, 0.2) is 59.0 Å². The number of furan rings is 1. The molecule has 0 fully saturated rings. The quantitative estimate of drug-likeness (QED) is 0.486. The average Bonchev–Trinajstić information content (AvgIpc) is 3.12. The summed E-state index contributed by atoms with van der Waals surface area (Å²) < 4.78 is 7.98. The molecule has 4 rings (SSSR count). The number of nitrogens with zero attached hydrogens (tertiary/aromatic N) is 2. The maximum Gasteiger partial charge on any atom is 0.177 e. The van der Waals surface area contributed by atoms with Gasteiger partial charge in [-0.1, -0.05) is 41.4 Å². The minimum atomic E-state index is 0.704. The molecular weight excluding hydrogens is 320 g/mol. The summed E-state index contributed by atoms with van der Waals surface area (Å²) in [6.07, 6.45) is 0. The molecule has 3 nitrogen and oxygen atoms in total. The summed E-state index contributed by atoms with van der Waals surface area (Å²) in [5.41, 5.74) is 4.38. The lowest BCUT2D eigenvalue weighted by Crippen LogP contribution is -2.02. The zero-order chi connectivity index (χ0) is 16.7. The van der Waals surface area contributed by atoms with Crippen LogP contribution in [0.4, 0.5) is 0 Å². The Balaban J connectivity index is 1.91. The van der Waals surface area contributed by atoms with Crippen molar-refractivity contribution in [2.75, 3.05) is 0 Å². The number of halogens is 1. The molecule has 2 heterocycles. The summed E-state index contributed by atoms with van der Waals surface area (Å²) in [5.74, 6) is 2.46. The Morgan fingerprint density at radius 2 is 1.92 bits per heavy atom. The standard InChI is InChI=1S/C20H17ClN2O/c1-13-4-3-5-15(10-13)12-23-18-11-16(21)7-8-17(18)22-20(23)19-9-6-14(2)24-19/h3-11H,12H2,1-2H3. The molecule has 0 aliphatic heterocycles. The summed E-state index contributed by atoms with van der Waals surface area (Å²) in [7, 11) is 0. The topological polar surface area (TPSA) is 31.0 Å². The second kappa shape index (κ2) is 5.84. The molecule has 0 aliphatic rings. The van der Waals surface area contributed by atoms with Gasteiger partial charge >= 0.3 is 0 Å². The lowest BCUT2D eigenvalue weighted by atomic mass is 10.1. The Morgan fingerprint density at radius 3 is 2.67 bits per heavy atom. The van der Waals surface area contributed by atoms with E-state index in [1.807, 2.05) is 37.3 Å². The molecule has 4 aromatic rings. The first-order valence-electron chi connectivity index (χ1n) is 7.88. The molecule has 0 bridgehead atoms. The highest BCUT2D eigenvalue weighted by Gasteiger charge is 2.16. The molecule has 2 aromatic heterocycles. The number of aromatic nitrogens is 2. The Labute approximate surface area is 145 Å². The number of aryl methyl sites for hydroxylation is 2. The Kier molecular flexibility index (Phi) is 3.66. The average molecular weight is 337 g/mol. The van der Waals surface area contributed by atoms with E-state index in [1.54, 1.807) is 0 Å². The highest BCUT2D eigenvalue weighted by atomic mass is 35.5. The van der Waals surface area contributed by atoms with E-state index in [0.717, 1.165) is 28.4 Å². The SMILES string of the molecule is Cc1cccc(Cn2c(-c3ccc(C)o3)nc3ccc(Cl)cc32)c1. The molecule has 0 atom stereocenters. The second-order valence-electron chi connectivity index (χ2n) is 6.05. The van der Waals surface area contributed by atoms with Crippen molar-refractivity contribution in [2.45, 2.75) is 20.4 Å². The Morgan fingerprint density at radius 1 is 1.04 bits per heavy atom. The molecule has 0 radical (unpaired) electrons. The van der Waals surface area contributed by atoms with E-state index in [-0.39, 0.29) is 0 Å². The molecule has 4 heteroatoms. The lowest BCUT2D eigenvalue weighted by Gasteiger charge is -2.09. The van der Waals surface area contributed by atoms with Crippen molar-refractivity contribution in [1.29, 1.82) is 0 Å². The maximum absolute atomic E-state index is 6.21. The minimum Gasteiger partial charge on any atom is -0.458 e. The van der Waals surface area contributed by atoms with E-state index >= 15 is 0 Å². The summed E-state index contributed by atoms with van der Waals surface area (Å²) in [6.45, 7) is 4.75. The fourth-order valence-corrected chi connectivity index (χ4v) is 3.16. The third-order valence-electron chi connectivity index (χ3n) is 4.09. The highest BCUT2D eigenvalue weighted by molar-refractivity contribution is 6.31. The molecule has 24 heavy (non-hydrogen) atoms. The van der Waals surface area contributed by atoms with Gasteiger partial charge in [0.1, 0.15) is 5.76 Å². The molecule has 0 saturated heterocycles. The van der Waals surface area contributed by atoms with E-state index in [0.29, 0.717) is 11.6 Å². The van der Waals surface area contributed by atoms with E-state index < -0.39 is 0 Å². The van der Waals surface area contributed by atoms with Crippen molar-refractivity contribution in [1.82, 2.24) is 9.55 Å². The van der Waals surface area contributed by atoms with E-state index in [2.05, 4.69) is 35.8 Å².